The first-order chi connectivity index (χ1) is 14.9. The number of amides is 1. The summed E-state index contributed by atoms with van der Waals surface area (Å²) in [6.45, 7) is 14.4. The molecule has 0 heterocycles. The molecule has 7 atom stereocenters. The number of nitrogens with one attached hydrogen (secondary N) is 1. The number of rotatable bonds is 16. The SMILES string of the molecule is [B]C(C)(C)CC(C)(C)CC(=O)N[C@@H](CO[C@@H](CC(C)C)[C@H](O)[C@@H](O)[C@H](C)O)[C@H](O)[C@H](O)CC. The predicted molar refractivity (Wildman–Crippen MR) is 130 cm³/mol. The normalized spacial score (nSPS) is 19.5. The molecule has 0 unspecified atom stereocenters. The van der Waals surface area contributed by atoms with Crippen LogP contribution in [0, 0.1) is 11.3 Å². The van der Waals surface area contributed by atoms with Crippen molar-refractivity contribution in [2.45, 2.75) is 129 Å². The third kappa shape index (κ3) is 13.1. The van der Waals surface area contributed by atoms with E-state index in [-0.39, 0.29) is 36.7 Å². The first-order valence-corrected chi connectivity index (χ1v) is 12.0. The van der Waals surface area contributed by atoms with Gasteiger partial charge in [-0.1, -0.05) is 60.2 Å². The standard InChI is InChI=1S/C24H48BNO7/c1-9-17(28)21(31)16(26-19(29)11-23(5,6)13-24(7,8)25)12-33-18(10-14(2)3)22(32)20(30)15(4)27/h14-18,20-22,27-28,30-32H,9-13H2,1-8H3,(H,26,29)/t15-,16-,17+,18-,20-,21-,22-/m0/s1. The molecule has 0 bridgehead atoms. The van der Waals surface area contributed by atoms with Gasteiger partial charge in [0, 0.05) is 6.42 Å². The zero-order chi connectivity index (χ0) is 26.1. The second kappa shape index (κ2) is 14.0. The van der Waals surface area contributed by atoms with Crippen LogP contribution in [0.5, 0.6) is 0 Å². The lowest BCUT2D eigenvalue weighted by atomic mass is 9.62. The van der Waals surface area contributed by atoms with Gasteiger partial charge in [-0.2, -0.15) is 0 Å². The summed E-state index contributed by atoms with van der Waals surface area (Å²) in [6, 6.07) is -0.931. The monoisotopic (exact) mass is 473 g/mol. The molecule has 0 fully saturated rings. The molecular formula is C24H48BNO7. The van der Waals surface area contributed by atoms with E-state index in [1.165, 1.54) is 6.92 Å². The maximum absolute atomic E-state index is 12.8. The zero-order valence-electron chi connectivity index (χ0n) is 21.8. The quantitative estimate of drug-likeness (QED) is 0.186. The van der Waals surface area contributed by atoms with E-state index in [2.05, 4.69) is 5.32 Å². The van der Waals surface area contributed by atoms with Gasteiger partial charge in [-0.15, -0.1) is 0 Å². The number of hydrogen-bond acceptors (Lipinski definition) is 7. The van der Waals surface area contributed by atoms with E-state index in [0.717, 1.165) is 0 Å². The largest absolute Gasteiger partial charge is 0.391 e. The van der Waals surface area contributed by atoms with Gasteiger partial charge < -0.3 is 35.6 Å². The van der Waals surface area contributed by atoms with Crippen molar-refractivity contribution >= 4 is 13.8 Å². The van der Waals surface area contributed by atoms with Crippen LogP contribution in [-0.2, 0) is 9.53 Å². The number of aliphatic hydroxyl groups excluding tert-OH is 5. The van der Waals surface area contributed by atoms with E-state index in [1.807, 2.05) is 41.5 Å². The summed E-state index contributed by atoms with van der Waals surface area (Å²) in [5.74, 6) is -0.198. The molecule has 9 heteroatoms. The molecule has 0 aromatic heterocycles. The second-order valence-corrected chi connectivity index (χ2v) is 11.4. The van der Waals surface area contributed by atoms with E-state index < -0.39 is 48.0 Å². The molecule has 0 aromatic carbocycles. The molecule has 0 saturated carbocycles. The van der Waals surface area contributed by atoms with Crippen molar-refractivity contribution < 1.29 is 35.1 Å². The Kier molecular flexibility index (Phi) is 13.7. The van der Waals surface area contributed by atoms with Gasteiger partial charge in [-0.25, -0.2) is 0 Å². The average Bonchev–Trinajstić information content (AvgIpc) is 2.64. The molecule has 0 aliphatic rings. The van der Waals surface area contributed by atoms with Crippen LogP contribution in [0.3, 0.4) is 0 Å². The van der Waals surface area contributed by atoms with Crippen LogP contribution in [0.25, 0.3) is 0 Å². The van der Waals surface area contributed by atoms with E-state index >= 15 is 0 Å². The van der Waals surface area contributed by atoms with E-state index in [1.54, 1.807) is 6.92 Å². The van der Waals surface area contributed by atoms with Crippen LogP contribution in [0.1, 0.15) is 81.1 Å². The minimum atomic E-state index is -1.41. The number of ether oxygens (including phenoxy) is 1. The van der Waals surface area contributed by atoms with Crippen molar-refractivity contribution in [2.24, 2.45) is 11.3 Å². The second-order valence-electron chi connectivity index (χ2n) is 11.4. The molecule has 33 heavy (non-hydrogen) atoms. The summed E-state index contributed by atoms with van der Waals surface area (Å²) in [5.41, 5.74) is -0.389. The highest BCUT2D eigenvalue weighted by molar-refractivity contribution is 6.14. The lowest BCUT2D eigenvalue weighted by molar-refractivity contribution is -0.138. The molecule has 8 nitrogen and oxygen atoms in total. The lowest BCUT2D eigenvalue weighted by Crippen LogP contribution is -2.53. The maximum Gasteiger partial charge on any atom is 0.220 e. The minimum Gasteiger partial charge on any atom is -0.391 e. The van der Waals surface area contributed by atoms with E-state index in [4.69, 9.17) is 12.6 Å². The third-order valence-corrected chi connectivity index (χ3v) is 5.56. The van der Waals surface area contributed by atoms with E-state index in [0.29, 0.717) is 12.8 Å². The average molecular weight is 473 g/mol. The van der Waals surface area contributed by atoms with Gasteiger partial charge in [0.15, 0.2) is 0 Å². The van der Waals surface area contributed by atoms with Gasteiger partial charge >= 0.3 is 0 Å². The van der Waals surface area contributed by atoms with Crippen LogP contribution in [0.2, 0.25) is 5.31 Å². The molecule has 0 aromatic rings. The Hall–Kier alpha value is -0.705. The van der Waals surface area contributed by atoms with Crippen molar-refractivity contribution in [3.63, 3.8) is 0 Å². The Morgan fingerprint density at radius 3 is 1.94 bits per heavy atom. The molecule has 6 N–H and O–H groups in total. The summed E-state index contributed by atoms with van der Waals surface area (Å²) >= 11 is 0. The van der Waals surface area contributed by atoms with Gasteiger partial charge in [-0.05, 0) is 31.1 Å². The third-order valence-electron chi connectivity index (χ3n) is 5.56. The first kappa shape index (κ1) is 32.3. The first-order valence-electron chi connectivity index (χ1n) is 12.0. The van der Waals surface area contributed by atoms with Crippen LogP contribution in [0.15, 0.2) is 0 Å². The molecular weight excluding hydrogens is 425 g/mol. The van der Waals surface area contributed by atoms with Crippen molar-refractivity contribution in [3.05, 3.63) is 0 Å². The van der Waals surface area contributed by atoms with Crippen LogP contribution in [-0.4, -0.2) is 88.6 Å². The summed E-state index contributed by atoms with van der Waals surface area (Å²) < 4.78 is 5.85. The smallest absolute Gasteiger partial charge is 0.220 e. The van der Waals surface area contributed by atoms with Crippen LogP contribution >= 0.6 is 0 Å². The molecule has 0 rings (SSSR count). The molecule has 0 aliphatic heterocycles. The Balaban J connectivity index is 5.46. The lowest BCUT2D eigenvalue weighted by Gasteiger charge is -2.35. The predicted octanol–water partition coefficient (Wildman–Crippen LogP) is 1.31. The number of aliphatic hydroxyl groups is 5. The topological polar surface area (TPSA) is 139 Å². The molecule has 194 valence electrons. The maximum atomic E-state index is 12.8. The number of hydrogen-bond donors (Lipinski definition) is 6. The molecule has 2 radical (unpaired) electrons. The summed E-state index contributed by atoms with van der Waals surface area (Å²) in [6.07, 6.45) is -5.69. The fourth-order valence-corrected chi connectivity index (χ4v) is 4.23. The van der Waals surface area contributed by atoms with Gasteiger partial charge in [0.1, 0.15) is 18.3 Å². The Bertz CT molecular complexity index is 566. The summed E-state index contributed by atoms with van der Waals surface area (Å²) in [5, 5.41) is 53.4. The Labute approximate surface area is 201 Å². The highest BCUT2D eigenvalue weighted by atomic mass is 16.5. The van der Waals surface area contributed by atoms with Gasteiger partial charge in [0.05, 0.1) is 38.8 Å². The van der Waals surface area contributed by atoms with Crippen LogP contribution in [0.4, 0.5) is 0 Å². The number of carbonyl (C=O) groups is 1. The van der Waals surface area contributed by atoms with Gasteiger partial charge in [0.25, 0.3) is 0 Å². The minimum absolute atomic E-state index is 0.116. The van der Waals surface area contributed by atoms with Crippen molar-refractivity contribution in [2.75, 3.05) is 6.61 Å². The van der Waals surface area contributed by atoms with Crippen molar-refractivity contribution in [1.82, 2.24) is 5.32 Å². The highest BCUT2D eigenvalue weighted by Gasteiger charge is 2.34. The van der Waals surface area contributed by atoms with Crippen molar-refractivity contribution in [3.8, 4) is 0 Å². The van der Waals surface area contributed by atoms with Gasteiger partial charge in [-0.3, -0.25) is 4.79 Å². The summed E-state index contributed by atoms with van der Waals surface area (Å²) in [7, 11) is 6.11. The Morgan fingerprint density at radius 1 is 0.970 bits per heavy atom. The highest BCUT2D eigenvalue weighted by Crippen LogP contribution is 2.38. The fourth-order valence-electron chi connectivity index (χ4n) is 4.23. The van der Waals surface area contributed by atoms with Crippen molar-refractivity contribution in [1.29, 1.82) is 0 Å². The van der Waals surface area contributed by atoms with E-state index in [9.17, 15) is 30.3 Å². The Morgan fingerprint density at radius 2 is 1.52 bits per heavy atom. The number of carbonyl (C=O) groups excluding carboxylic acids is 1. The fraction of sp³-hybridized carbons (Fsp3) is 0.958. The molecule has 1 amide bonds. The molecule has 0 spiro atoms. The molecule has 0 saturated heterocycles. The van der Waals surface area contributed by atoms with Crippen LogP contribution < -0.4 is 5.32 Å². The molecule has 0 aliphatic carbocycles. The summed E-state index contributed by atoms with van der Waals surface area (Å²) in [4.78, 5) is 12.8. The zero-order valence-corrected chi connectivity index (χ0v) is 21.8. The van der Waals surface area contributed by atoms with Gasteiger partial charge in [0.2, 0.25) is 5.91 Å².